The van der Waals surface area contributed by atoms with Crippen LogP contribution in [0.2, 0.25) is 0 Å². The Morgan fingerprint density at radius 3 is 1.19 bits per heavy atom. The van der Waals surface area contributed by atoms with Crippen molar-refractivity contribution in [2.24, 2.45) is 52.3 Å². The monoisotopic (exact) mass is 768 g/mol. The molecule has 8 saturated carbocycles. The summed E-state index contributed by atoms with van der Waals surface area (Å²) >= 11 is 0. The molecule has 0 heterocycles. The lowest BCUT2D eigenvalue weighted by Gasteiger charge is -2.67. The van der Waals surface area contributed by atoms with Gasteiger partial charge in [0.25, 0.3) is 0 Å². The van der Waals surface area contributed by atoms with Crippen LogP contribution in [0.5, 0.6) is 0 Å². The van der Waals surface area contributed by atoms with E-state index in [9.17, 15) is 0 Å². The first kappa shape index (κ1) is 36.5. The summed E-state index contributed by atoms with van der Waals surface area (Å²) in [6, 6.07) is 46.5. The van der Waals surface area contributed by atoms with Crippen molar-refractivity contribution in [3.8, 4) is 0 Å². The molecule has 282 valence electrons. The summed E-state index contributed by atoms with van der Waals surface area (Å²) in [5.41, 5.74) is 1.40. The smallest absolute Gasteiger partial charge is 0.00500 e. The van der Waals surface area contributed by atoms with E-state index in [1.165, 1.54) is 25.2 Å². The molecule has 8 fully saturated rings. The summed E-state index contributed by atoms with van der Waals surface area (Å²) < 4.78 is 0. The first-order valence-corrected chi connectivity index (χ1v) is 26.3. The average Bonchev–Trinajstić information content (AvgIpc) is 3.18. The van der Waals surface area contributed by atoms with Gasteiger partial charge in [0.1, 0.15) is 0 Å². The van der Waals surface area contributed by atoms with E-state index in [1.807, 2.05) is 0 Å². The van der Waals surface area contributed by atoms with Gasteiger partial charge in [0, 0.05) is 5.40 Å². The van der Waals surface area contributed by atoms with Crippen molar-refractivity contribution in [2.75, 3.05) is 12.3 Å². The largest absolute Gasteiger partial charge is 0.114 e. The lowest BCUT2D eigenvalue weighted by atomic mass is 9.38. The van der Waals surface area contributed by atoms with Crippen molar-refractivity contribution >= 4 is 45.6 Å². The van der Waals surface area contributed by atoms with Crippen LogP contribution in [0.15, 0.2) is 121 Å². The molecule has 4 aromatic carbocycles. The van der Waals surface area contributed by atoms with E-state index in [-0.39, 0.29) is 0 Å². The molecule has 0 nitrogen and oxygen atoms in total. The third-order valence-corrected chi connectivity index (χ3v) is 23.7. The minimum absolute atomic E-state index is 0.392. The fourth-order valence-corrected chi connectivity index (χ4v) is 23.3. The van der Waals surface area contributed by atoms with Gasteiger partial charge in [-0.2, -0.15) is 0 Å². The van der Waals surface area contributed by atoms with Gasteiger partial charge in [0.05, 0.1) is 0 Å². The Bertz CT molecular complexity index is 1610. The lowest BCUT2D eigenvalue weighted by molar-refractivity contribution is -0.174. The van der Waals surface area contributed by atoms with E-state index < -0.39 is 15.8 Å². The molecule has 2 unspecified atom stereocenters. The van der Waals surface area contributed by atoms with Crippen LogP contribution in [0.1, 0.15) is 96.3 Å². The summed E-state index contributed by atoms with van der Waals surface area (Å²) in [6.07, 6.45) is 26.3. The fraction of sp³-hybridized carbons (Fsp3) is 0.529. The van der Waals surface area contributed by atoms with Crippen molar-refractivity contribution < 1.29 is 0 Å². The fourth-order valence-electron chi connectivity index (χ4n) is 14.9. The van der Waals surface area contributed by atoms with Gasteiger partial charge in [-0.15, -0.1) is 8.58 Å². The highest BCUT2D eigenvalue weighted by Gasteiger charge is 2.62. The lowest BCUT2D eigenvalue weighted by Crippen LogP contribution is -2.58. The van der Waals surface area contributed by atoms with Gasteiger partial charge in [0.15, 0.2) is 0 Å². The van der Waals surface area contributed by atoms with E-state index in [2.05, 4.69) is 121 Å². The van der Waals surface area contributed by atoms with Gasteiger partial charge >= 0.3 is 0 Å². The highest BCUT2D eigenvalue weighted by molar-refractivity contribution is 7.80. The molecule has 2 atom stereocenters. The van der Waals surface area contributed by atoms with Crippen molar-refractivity contribution in [2.45, 2.75) is 102 Å². The van der Waals surface area contributed by atoms with E-state index in [0.717, 1.165) is 55.4 Å². The van der Waals surface area contributed by atoms with E-state index in [1.54, 1.807) is 105 Å². The van der Waals surface area contributed by atoms with E-state index >= 15 is 0 Å². The molecule has 4 aromatic rings. The second-order valence-electron chi connectivity index (χ2n) is 19.4. The van der Waals surface area contributed by atoms with Crippen LogP contribution in [-0.4, -0.2) is 17.7 Å². The zero-order valence-electron chi connectivity index (χ0n) is 32.6. The van der Waals surface area contributed by atoms with Crippen LogP contribution in [-0.2, 0) is 0 Å². The maximum atomic E-state index is 2.46. The topological polar surface area (TPSA) is 0 Å². The van der Waals surface area contributed by atoms with Crippen LogP contribution in [0, 0.1) is 52.3 Å². The second kappa shape index (κ2) is 15.8. The highest BCUT2D eigenvalue weighted by atomic mass is 31.2. The zero-order chi connectivity index (χ0) is 36.0. The molecule has 12 rings (SSSR count). The summed E-state index contributed by atoms with van der Waals surface area (Å²) in [5, 5.41) is 6.97. The maximum absolute atomic E-state index is 2.46. The molecule has 0 saturated heterocycles. The SMILES string of the molecule is c1ccc(P(CCC(PCCCC(C23CC4CC(CC(C4)C2)C3)C23CC4CC(CC(C4)C2)C3)P(c2ccccc2)c2ccccc2)c2ccccc2)cc1. The molecule has 8 aliphatic rings. The summed E-state index contributed by atoms with van der Waals surface area (Å²) in [7, 11) is 0.204. The minimum atomic E-state index is -0.437. The molecule has 0 aliphatic heterocycles. The van der Waals surface area contributed by atoms with Gasteiger partial charge < -0.3 is 0 Å². The third-order valence-electron chi connectivity index (χ3n) is 15.8. The molecule has 0 spiro atoms. The Balaban J connectivity index is 0.933. The van der Waals surface area contributed by atoms with Gasteiger partial charge in [-0.25, -0.2) is 0 Å². The quantitative estimate of drug-likeness (QED) is 0.0835. The maximum Gasteiger partial charge on any atom is 0.00500 e. The van der Waals surface area contributed by atoms with Crippen LogP contribution in [0.4, 0.5) is 0 Å². The predicted molar refractivity (Wildman–Crippen MR) is 239 cm³/mol. The molecule has 0 amide bonds. The molecular formula is C51H63P3. The van der Waals surface area contributed by atoms with Crippen molar-refractivity contribution in [1.82, 2.24) is 0 Å². The van der Waals surface area contributed by atoms with Gasteiger partial charge in [-0.1, -0.05) is 121 Å². The van der Waals surface area contributed by atoms with Crippen LogP contribution < -0.4 is 21.2 Å². The van der Waals surface area contributed by atoms with Crippen LogP contribution in [0.3, 0.4) is 0 Å². The Morgan fingerprint density at radius 2 is 0.815 bits per heavy atom. The number of hydrogen-bond acceptors (Lipinski definition) is 0. The molecule has 0 N–H and O–H groups in total. The van der Waals surface area contributed by atoms with Gasteiger partial charge in [-0.05, 0) is 198 Å². The van der Waals surface area contributed by atoms with Gasteiger partial charge in [-0.3, -0.25) is 0 Å². The van der Waals surface area contributed by atoms with E-state index in [0.29, 0.717) is 10.8 Å². The summed E-state index contributed by atoms with van der Waals surface area (Å²) in [5.74, 6) is 7.45. The second-order valence-corrected chi connectivity index (χ2v) is 26.2. The van der Waals surface area contributed by atoms with E-state index in [4.69, 9.17) is 0 Å². The molecule has 0 radical (unpaired) electrons. The van der Waals surface area contributed by atoms with Crippen molar-refractivity contribution in [3.63, 3.8) is 0 Å². The Morgan fingerprint density at radius 1 is 0.463 bits per heavy atom. The predicted octanol–water partition coefficient (Wildman–Crippen LogP) is 12.5. The first-order valence-electron chi connectivity index (χ1n) is 22.1. The normalized spacial score (nSPS) is 33.3. The minimum Gasteiger partial charge on any atom is -0.114 e. The summed E-state index contributed by atoms with van der Waals surface area (Å²) in [6.45, 7) is 0. The van der Waals surface area contributed by atoms with Crippen LogP contribution in [0.25, 0.3) is 0 Å². The molecule has 8 bridgehead atoms. The average molecular weight is 769 g/mol. The first-order chi connectivity index (χ1) is 26.6. The number of rotatable bonds is 15. The van der Waals surface area contributed by atoms with Crippen molar-refractivity contribution in [1.29, 1.82) is 0 Å². The molecule has 0 aromatic heterocycles. The third kappa shape index (κ3) is 7.38. The number of hydrogen-bond donors (Lipinski definition) is 0. The highest BCUT2D eigenvalue weighted by Crippen LogP contribution is 2.72. The molecule has 54 heavy (non-hydrogen) atoms. The van der Waals surface area contributed by atoms with Gasteiger partial charge in [0.2, 0.25) is 0 Å². The standard InChI is InChI=1S/C51H63P3/c1-5-14-44(15-6-1)53(45-16-7-2-8-17-45)25-23-49(54(46-18-9-3-10-19-46)47-20-11-4-12-21-47)52-24-13-22-48(50-32-38-26-39(33-50)28-40(27-38)34-50)51-35-41-29-42(36-51)31-43(30-41)37-51/h1-12,14-21,38-43,48-49,52H,13,22-37H2. The zero-order valence-corrected chi connectivity index (χ0v) is 35.4. The molecule has 3 heteroatoms. The molecule has 8 aliphatic carbocycles. The Hall–Kier alpha value is -1.83. The van der Waals surface area contributed by atoms with Crippen LogP contribution >= 0.6 is 24.4 Å². The van der Waals surface area contributed by atoms with Crippen molar-refractivity contribution in [3.05, 3.63) is 121 Å². The molecular weight excluding hydrogens is 705 g/mol. The summed E-state index contributed by atoms with van der Waals surface area (Å²) in [4.78, 5) is 0. The Labute approximate surface area is 331 Å². The number of benzene rings is 4. The Kier molecular flexibility index (Phi) is 10.7.